The van der Waals surface area contributed by atoms with Crippen molar-refractivity contribution in [1.82, 2.24) is 5.32 Å². The summed E-state index contributed by atoms with van der Waals surface area (Å²) in [7, 11) is 1.34. The van der Waals surface area contributed by atoms with Crippen molar-refractivity contribution < 1.29 is 14.3 Å². The number of ether oxygens (including phenoxy) is 1. The molecule has 114 valence electrons. The van der Waals surface area contributed by atoms with Crippen LogP contribution in [0, 0.1) is 12.8 Å². The average molecular weight is 289 g/mol. The molecule has 21 heavy (non-hydrogen) atoms. The van der Waals surface area contributed by atoms with Crippen LogP contribution in [-0.2, 0) is 14.3 Å². The normalized spacial score (nSPS) is 23.0. The number of carbonyl (C=O) groups is 2. The largest absolute Gasteiger partial charge is 0.467 e. The summed E-state index contributed by atoms with van der Waals surface area (Å²) in [6.07, 6.45) is 1.35. The van der Waals surface area contributed by atoms with Crippen LogP contribution >= 0.6 is 0 Å². The van der Waals surface area contributed by atoms with Gasteiger partial charge in [-0.3, -0.25) is 4.79 Å². The van der Waals surface area contributed by atoms with Gasteiger partial charge in [-0.05, 0) is 38.2 Å². The molecule has 0 heterocycles. The lowest BCUT2D eigenvalue weighted by molar-refractivity contribution is -0.150. The van der Waals surface area contributed by atoms with E-state index in [1.54, 1.807) is 6.92 Å². The molecule has 1 N–H and O–H groups in total. The molecule has 0 bridgehead atoms. The van der Waals surface area contributed by atoms with E-state index in [-0.39, 0.29) is 17.7 Å². The van der Waals surface area contributed by atoms with Gasteiger partial charge in [0.2, 0.25) is 5.91 Å². The maximum Gasteiger partial charge on any atom is 0.331 e. The summed E-state index contributed by atoms with van der Waals surface area (Å²) >= 11 is 0. The molecule has 0 spiro atoms. The Kier molecular flexibility index (Phi) is 4.35. The summed E-state index contributed by atoms with van der Waals surface area (Å²) in [5.74, 6) is -0.228. The predicted molar refractivity (Wildman–Crippen MR) is 80.9 cm³/mol. The average Bonchev–Trinajstić information content (AvgIpc) is 3.26. The molecule has 4 nitrogen and oxygen atoms in total. The van der Waals surface area contributed by atoms with E-state index in [9.17, 15) is 9.59 Å². The summed E-state index contributed by atoms with van der Waals surface area (Å²) in [5.41, 5.74) is 1.46. The SMILES string of the molecule is CC[C@](C)(NC(=O)[C@@H]1C[C@H]1c1cccc(C)c1)C(=O)OC. The number of nitrogens with one attached hydrogen (secondary N) is 1. The minimum Gasteiger partial charge on any atom is -0.467 e. The summed E-state index contributed by atoms with van der Waals surface area (Å²) in [6.45, 7) is 5.62. The van der Waals surface area contributed by atoms with Gasteiger partial charge in [-0.1, -0.05) is 36.8 Å². The molecule has 0 unspecified atom stereocenters. The van der Waals surface area contributed by atoms with Gasteiger partial charge >= 0.3 is 5.97 Å². The Hall–Kier alpha value is -1.84. The Morgan fingerprint density at radius 2 is 2.14 bits per heavy atom. The van der Waals surface area contributed by atoms with Crippen molar-refractivity contribution in [1.29, 1.82) is 0 Å². The number of esters is 1. The number of hydrogen-bond donors (Lipinski definition) is 1. The first-order chi connectivity index (χ1) is 9.91. The zero-order valence-electron chi connectivity index (χ0n) is 13.1. The quantitative estimate of drug-likeness (QED) is 0.848. The second-order valence-electron chi connectivity index (χ2n) is 6.03. The monoisotopic (exact) mass is 289 g/mol. The number of carbonyl (C=O) groups excluding carboxylic acids is 2. The van der Waals surface area contributed by atoms with E-state index in [4.69, 9.17) is 4.74 Å². The minimum atomic E-state index is -0.939. The number of benzene rings is 1. The van der Waals surface area contributed by atoms with Crippen LogP contribution < -0.4 is 5.32 Å². The lowest BCUT2D eigenvalue weighted by Gasteiger charge is -2.26. The first kappa shape index (κ1) is 15.5. The van der Waals surface area contributed by atoms with Crippen molar-refractivity contribution >= 4 is 11.9 Å². The molecule has 4 heteroatoms. The van der Waals surface area contributed by atoms with Gasteiger partial charge in [0.25, 0.3) is 0 Å². The molecule has 0 aliphatic heterocycles. The van der Waals surface area contributed by atoms with Crippen LogP contribution in [-0.4, -0.2) is 24.5 Å². The topological polar surface area (TPSA) is 55.4 Å². The molecule has 1 saturated carbocycles. The third-order valence-corrected chi connectivity index (χ3v) is 4.34. The fraction of sp³-hybridized carbons (Fsp3) is 0.529. The number of rotatable bonds is 5. The van der Waals surface area contributed by atoms with Crippen molar-refractivity contribution in [3.8, 4) is 0 Å². The second kappa shape index (κ2) is 5.88. The zero-order valence-corrected chi connectivity index (χ0v) is 13.1. The highest BCUT2D eigenvalue weighted by atomic mass is 16.5. The lowest BCUT2D eigenvalue weighted by Crippen LogP contribution is -2.52. The van der Waals surface area contributed by atoms with Crippen LogP contribution in [0.15, 0.2) is 24.3 Å². The molecule has 0 aromatic heterocycles. The number of hydrogen-bond acceptors (Lipinski definition) is 3. The molecular weight excluding hydrogens is 266 g/mol. The highest BCUT2D eigenvalue weighted by molar-refractivity contribution is 5.90. The van der Waals surface area contributed by atoms with Gasteiger partial charge in [0.05, 0.1) is 7.11 Å². The predicted octanol–water partition coefficient (Wildman–Crippen LogP) is 2.56. The highest BCUT2D eigenvalue weighted by Gasteiger charge is 2.46. The summed E-state index contributed by atoms with van der Waals surface area (Å²) < 4.78 is 4.78. The van der Waals surface area contributed by atoms with E-state index in [2.05, 4.69) is 17.4 Å². The Bertz CT molecular complexity index is 555. The van der Waals surface area contributed by atoms with Crippen LogP contribution in [0.25, 0.3) is 0 Å². The van der Waals surface area contributed by atoms with Crippen molar-refractivity contribution in [2.45, 2.75) is 45.1 Å². The number of aryl methyl sites for hydroxylation is 1. The van der Waals surface area contributed by atoms with Gasteiger partial charge < -0.3 is 10.1 Å². The van der Waals surface area contributed by atoms with Gasteiger partial charge in [-0.15, -0.1) is 0 Å². The minimum absolute atomic E-state index is 0.0395. The van der Waals surface area contributed by atoms with Crippen LogP contribution in [0.2, 0.25) is 0 Å². The van der Waals surface area contributed by atoms with Crippen LogP contribution in [0.5, 0.6) is 0 Å². The van der Waals surface area contributed by atoms with Gasteiger partial charge in [0.1, 0.15) is 5.54 Å². The molecule has 1 fully saturated rings. The van der Waals surface area contributed by atoms with E-state index in [1.807, 2.05) is 26.0 Å². The van der Waals surface area contributed by atoms with Crippen LogP contribution in [0.4, 0.5) is 0 Å². The van der Waals surface area contributed by atoms with E-state index in [0.717, 1.165) is 6.42 Å². The van der Waals surface area contributed by atoms with E-state index in [1.165, 1.54) is 18.2 Å². The van der Waals surface area contributed by atoms with E-state index < -0.39 is 11.5 Å². The molecule has 2 rings (SSSR count). The zero-order chi connectivity index (χ0) is 15.6. The van der Waals surface area contributed by atoms with E-state index in [0.29, 0.717) is 6.42 Å². The third-order valence-electron chi connectivity index (χ3n) is 4.34. The Labute approximate surface area is 125 Å². The van der Waals surface area contributed by atoms with Gasteiger partial charge in [0, 0.05) is 5.92 Å². The van der Waals surface area contributed by atoms with Crippen molar-refractivity contribution in [2.75, 3.05) is 7.11 Å². The third kappa shape index (κ3) is 3.26. The maximum atomic E-state index is 12.3. The van der Waals surface area contributed by atoms with Crippen molar-refractivity contribution in [2.24, 2.45) is 5.92 Å². The van der Waals surface area contributed by atoms with Gasteiger partial charge in [-0.2, -0.15) is 0 Å². The summed E-state index contributed by atoms with van der Waals surface area (Å²) in [4.78, 5) is 24.2. The Morgan fingerprint density at radius 1 is 1.43 bits per heavy atom. The molecule has 1 aromatic carbocycles. The first-order valence-corrected chi connectivity index (χ1v) is 7.38. The van der Waals surface area contributed by atoms with Gasteiger partial charge in [0.15, 0.2) is 0 Å². The Morgan fingerprint density at radius 3 is 2.71 bits per heavy atom. The van der Waals surface area contributed by atoms with Crippen molar-refractivity contribution in [3.63, 3.8) is 0 Å². The number of methoxy groups -OCH3 is 1. The summed E-state index contributed by atoms with van der Waals surface area (Å²) in [6, 6.07) is 8.25. The molecule has 0 saturated heterocycles. The molecule has 1 amide bonds. The fourth-order valence-corrected chi connectivity index (χ4v) is 2.63. The molecular formula is C17H23NO3. The standard InChI is InChI=1S/C17H23NO3/c1-5-17(3,16(20)21-4)18-15(19)14-10-13(14)12-8-6-7-11(2)9-12/h6-9,13-14H,5,10H2,1-4H3,(H,18,19)/t13-,14+,17-/m0/s1. The molecule has 0 radical (unpaired) electrons. The summed E-state index contributed by atoms with van der Waals surface area (Å²) in [5, 5.41) is 2.86. The van der Waals surface area contributed by atoms with Crippen molar-refractivity contribution in [3.05, 3.63) is 35.4 Å². The Balaban J connectivity index is 2.02. The fourth-order valence-electron chi connectivity index (χ4n) is 2.63. The molecule has 3 atom stereocenters. The maximum absolute atomic E-state index is 12.3. The molecule has 1 aliphatic rings. The van der Waals surface area contributed by atoms with Gasteiger partial charge in [-0.25, -0.2) is 4.79 Å². The lowest BCUT2D eigenvalue weighted by atomic mass is 9.98. The molecule has 1 aliphatic carbocycles. The second-order valence-corrected chi connectivity index (χ2v) is 6.03. The highest BCUT2D eigenvalue weighted by Crippen LogP contribution is 2.47. The van der Waals surface area contributed by atoms with Crippen LogP contribution in [0.3, 0.4) is 0 Å². The van der Waals surface area contributed by atoms with E-state index >= 15 is 0 Å². The number of amides is 1. The van der Waals surface area contributed by atoms with Crippen LogP contribution in [0.1, 0.15) is 43.7 Å². The molecule has 1 aromatic rings. The smallest absolute Gasteiger partial charge is 0.331 e. The first-order valence-electron chi connectivity index (χ1n) is 7.38.